The van der Waals surface area contributed by atoms with Gasteiger partial charge in [0.1, 0.15) is 17.9 Å². The molecule has 2 rings (SSSR count). The van der Waals surface area contributed by atoms with Gasteiger partial charge in [0.15, 0.2) is 0 Å². The first-order valence-electron chi connectivity index (χ1n) is 6.30. The molecule has 2 amide bonds. The summed E-state index contributed by atoms with van der Waals surface area (Å²) in [4.78, 5) is 25.5. The Hall–Kier alpha value is -1.91. The van der Waals surface area contributed by atoms with Crippen molar-refractivity contribution in [1.82, 2.24) is 10.2 Å². The summed E-state index contributed by atoms with van der Waals surface area (Å²) in [6.07, 6.45) is 0. The molecule has 5 heteroatoms. The number of amides is 2. The first-order chi connectivity index (χ1) is 8.91. The summed E-state index contributed by atoms with van der Waals surface area (Å²) in [6, 6.07) is 4.66. The minimum atomic E-state index is -0.554. The fraction of sp³-hybridized carbons (Fsp3) is 0.429. The molecular weight excluding hydrogens is 247 g/mol. The number of hydrogen-bond donors (Lipinski definition) is 1. The molecule has 1 heterocycles. The van der Waals surface area contributed by atoms with Crippen molar-refractivity contribution >= 4 is 11.8 Å². The lowest BCUT2D eigenvalue weighted by molar-refractivity contribution is -0.150. The Bertz CT molecular complexity index is 518. The zero-order valence-corrected chi connectivity index (χ0v) is 11.2. The van der Waals surface area contributed by atoms with E-state index in [1.54, 1.807) is 32.9 Å². The number of piperazine rings is 1. The number of halogens is 1. The SMILES string of the molecule is CC1NC(=O)C(C)N(C(C)c2cccc(F)c2)C1=O. The van der Waals surface area contributed by atoms with Crippen molar-refractivity contribution in [3.8, 4) is 0 Å². The van der Waals surface area contributed by atoms with E-state index in [0.717, 1.165) is 0 Å². The molecule has 0 aliphatic carbocycles. The maximum Gasteiger partial charge on any atom is 0.246 e. The molecule has 0 spiro atoms. The highest BCUT2D eigenvalue weighted by Gasteiger charge is 2.38. The third-order valence-electron chi connectivity index (χ3n) is 3.53. The van der Waals surface area contributed by atoms with Gasteiger partial charge in [-0.2, -0.15) is 0 Å². The van der Waals surface area contributed by atoms with Gasteiger partial charge in [-0.1, -0.05) is 12.1 Å². The Morgan fingerprint density at radius 1 is 1.32 bits per heavy atom. The van der Waals surface area contributed by atoms with Crippen LogP contribution in [0.15, 0.2) is 24.3 Å². The number of nitrogens with zero attached hydrogens (tertiary/aromatic N) is 1. The average molecular weight is 264 g/mol. The summed E-state index contributed by atoms with van der Waals surface area (Å²) in [7, 11) is 0. The third-order valence-corrected chi connectivity index (χ3v) is 3.53. The summed E-state index contributed by atoms with van der Waals surface area (Å²) in [6.45, 7) is 5.13. The van der Waals surface area contributed by atoms with Gasteiger partial charge in [-0.05, 0) is 38.5 Å². The minimum absolute atomic E-state index is 0.149. The standard InChI is InChI=1S/C14H17FN2O2/c1-8-14(19)17(10(3)13(18)16-8)9(2)11-5-4-6-12(15)7-11/h4-10H,1-3H3,(H,16,18). The molecule has 3 atom stereocenters. The molecule has 1 saturated heterocycles. The smallest absolute Gasteiger partial charge is 0.246 e. The van der Waals surface area contributed by atoms with Crippen LogP contribution in [-0.4, -0.2) is 28.8 Å². The van der Waals surface area contributed by atoms with Crippen LogP contribution in [-0.2, 0) is 9.59 Å². The molecule has 3 unspecified atom stereocenters. The van der Waals surface area contributed by atoms with E-state index in [-0.39, 0.29) is 23.7 Å². The Morgan fingerprint density at radius 2 is 2.00 bits per heavy atom. The molecule has 4 nitrogen and oxygen atoms in total. The molecule has 0 saturated carbocycles. The fourth-order valence-electron chi connectivity index (χ4n) is 2.39. The van der Waals surface area contributed by atoms with Crippen molar-refractivity contribution in [3.05, 3.63) is 35.6 Å². The topological polar surface area (TPSA) is 49.4 Å². The van der Waals surface area contributed by atoms with Gasteiger partial charge in [-0.15, -0.1) is 0 Å². The molecule has 1 aromatic carbocycles. The predicted molar refractivity (Wildman–Crippen MR) is 68.7 cm³/mol. The van der Waals surface area contributed by atoms with E-state index in [4.69, 9.17) is 0 Å². The lowest BCUT2D eigenvalue weighted by Crippen LogP contribution is -2.61. The van der Waals surface area contributed by atoms with Crippen molar-refractivity contribution < 1.29 is 14.0 Å². The molecule has 102 valence electrons. The maximum atomic E-state index is 13.3. The van der Waals surface area contributed by atoms with Crippen molar-refractivity contribution in [2.75, 3.05) is 0 Å². The Morgan fingerprint density at radius 3 is 2.63 bits per heavy atom. The van der Waals surface area contributed by atoms with Crippen LogP contribution in [0.2, 0.25) is 0 Å². The highest BCUT2D eigenvalue weighted by atomic mass is 19.1. The van der Waals surface area contributed by atoms with Gasteiger partial charge < -0.3 is 10.2 Å². The van der Waals surface area contributed by atoms with Crippen molar-refractivity contribution in [2.45, 2.75) is 38.9 Å². The van der Waals surface area contributed by atoms with Crippen molar-refractivity contribution in [2.24, 2.45) is 0 Å². The van der Waals surface area contributed by atoms with Crippen molar-refractivity contribution in [3.63, 3.8) is 0 Å². The van der Waals surface area contributed by atoms with Gasteiger partial charge in [0.05, 0.1) is 6.04 Å². The molecule has 1 aliphatic heterocycles. The molecule has 19 heavy (non-hydrogen) atoms. The van der Waals surface area contributed by atoms with Crippen molar-refractivity contribution in [1.29, 1.82) is 0 Å². The van der Waals surface area contributed by atoms with E-state index in [1.807, 2.05) is 0 Å². The maximum absolute atomic E-state index is 13.3. The summed E-state index contributed by atoms with van der Waals surface area (Å²) < 4.78 is 13.3. The van der Waals surface area contributed by atoms with Crippen LogP contribution in [0.3, 0.4) is 0 Å². The number of benzene rings is 1. The third kappa shape index (κ3) is 2.45. The first-order valence-corrected chi connectivity index (χ1v) is 6.30. The second kappa shape index (κ2) is 4.99. The predicted octanol–water partition coefficient (Wildman–Crippen LogP) is 1.62. The summed E-state index contributed by atoms with van der Waals surface area (Å²) in [5.41, 5.74) is 0.683. The van der Waals surface area contributed by atoms with Gasteiger partial charge in [0.2, 0.25) is 11.8 Å². The normalized spacial score (nSPS) is 25.2. The van der Waals surface area contributed by atoms with E-state index in [0.29, 0.717) is 5.56 Å². The van der Waals surface area contributed by atoms with E-state index in [2.05, 4.69) is 5.32 Å². The highest BCUT2D eigenvalue weighted by Crippen LogP contribution is 2.26. The quantitative estimate of drug-likeness (QED) is 0.882. The second-order valence-electron chi connectivity index (χ2n) is 4.88. The molecule has 1 aliphatic rings. The van der Waals surface area contributed by atoms with Gasteiger partial charge in [-0.25, -0.2) is 4.39 Å². The molecular formula is C14H17FN2O2. The largest absolute Gasteiger partial charge is 0.343 e. The number of carbonyl (C=O) groups excluding carboxylic acids is 2. The minimum Gasteiger partial charge on any atom is -0.343 e. The Balaban J connectivity index is 2.32. The van der Waals surface area contributed by atoms with E-state index >= 15 is 0 Å². The lowest BCUT2D eigenvalue weighted by atomic mass is 10.0. The average Bonchev–Trinajstić information content (AvgIpc) is 2.36. The molecule has 1 fully saturated rings. The number of hydrogen-bond acceptors (Lipinski definition) is 2. The van der Waals surface area contributed by atoms with E-state index in [9.17, 15) is 14.0 Å². The number of nitrogens with one attached hydrogen (secondary N) is 1. The van der Waals surface area contributed by atoms with E-state index in [1.165, 1.54) is 17.0 Å². The number of carbonyl (C=O) groups is 2. The van der Waals surface area contributed by atoms with Crippen LogP contribution in [0.4, 0.5) is 4.39 Å². The first kappa shape index (κ1) is 13.5. The fourth-order valence-corrected chi connectivity index (χ4v) is 2.39. The monoisotopic (exact) mass is 264 g/mol. The van der Waals surface area contributed by atoms with Gasteiger partial charge in [0, 0.05) is 0 Å². The van der Waals surface area contributed by atoms with Gasteiger partial charge >= 0.3 is 0 Å². The number of rotatable bonds is 2. The van der Waals surface area contributed by atoms with Crippen LogP contribution < -0.4 is 5.32 Å². The molecule has 1 N–H and O–H groups in total. The van der Waals surface area contributed by atoms with Crippen LogP contribution in [0.1, 0.15) is 32.4 Å². The van der Waals surface area contributed by atoms with Gasteiger partial charge in [0.25, 0.3) is 0 Å². The summed E-state index contributed by atoms with van der Waals surface area (Å²) in [5, 5.41) is 2.62. The summed E-state index contributed by atoms with van der Waals surface area (Å²) in [5.74, 6) is -0.682. The zero-order chi connectivity index (χ0) is 14.2. The van der Waals surface area contributed by atoms with Crippen LogP contribution >= 0.6 is 0 Å². The summed E-state index contributed by atoms with van der Waals surface area (Å²) >= 11 is 0. The molecule has 0 bridgehead atoms. The second-order valence-corrected chi connectivity index (χ2v) is 4.88. The molecule has 0 aromatic heterocycles. The highest BCUT2D eigenvalue weighted by molar-refractivity contribution is 5.96. The van der Waals surface area contributed by atoms with Crippen LogP contribution in [0.25, 0.3) is 0 Å². The molecule has 0 radical (unpaired) electrons. The van der Waals surface area contributed by atoms with E-state index < -0.39 is 12.1 Å². The van der Waals surface area contributed by atoms with Crippen LogP contribution in [0.5, 0.6) is 0 Å². The molecule has 1 aromatic rings. The Labute approximate surface area is 111 Å². The van der Waals surface area contributed by atoms with Gasteiger partial charge in [-0.3, -0.25) is 9.59 Å². The Kier molecular flexibility index (Phi) is 3.55. The lowest BCUT2D eigenvalue weighted by Gasteiger charge is -2.40. The van der Waals surface area contributed by atoms with Crippen LogP contribution in [0, 0.1) is 5.82 Å². The zero-order valence-electron chi connectivity index (χ0n) is 11.2.